The molecule has 0 radical (unpaired) electrons. The molecule has 0 unspecified atom stereocenters. The molecule has 20 heavy (non-hydrogen) atoms. The van der Waals surface area contributed by atoms with Crippen LogP contribution >= 0.6 is 0 Å². The first-order chi connectivity index (χ1) is 9.56. The Morgan fingerprint density at radius 2 is 2.10 bits per heavy atom. The molecule has 1 aliphatic heterocycles. The number of aromatic carboxylic acids is 1. The summed E-state index contributed by atoms with van der Waals surface area (Å²) in [5.74, 6) is -1.43. The van der Waals surface area contributed by atoms with E-state index in [0.717, 1.165) is 18.9 Å². The zero-order valence-electron chi connectivity index (χ0n) is 10.9. The van der Waals surface area contributed by atoms with Crippen LogP contribution in [0.2, 0.25) is 0 Å². The summed E-state index contributed by atoms with van der Waals surface area (Å²) >= 11 is 0. The van der Waals surface area contributed by atoms with Gasteiger partial charge in [-0.3, -0.25) is 9.59 Å². The van der Waals surface area contributed by atoms with Crippen LogP contribution in [0.5, 0.6) is 0 Å². The van der Waals surface area contributed by atoms with E-state index in [1.165, 1.54) is 16.8 Å². The molecule has 1 amide bonds. The van der Waals surface area contributed by atoms with Gasteiger partial charge in [-0.2, -0.15) is 0 Å². The maximum atomic E-state index is 11.8. The van der Waals surface area contributed by atoms with Gasteiger partial charge in [0, 0.05) is 31.5 Å². The SMILES string of the molecule is O=C(Cn1ccc(C(=O)O)cc1=O)NC1CCOCC1. The van der Waals surface area contributed by atoms with Crippen LogP contribution in [0.3, 0.4) is 0 Å². The van der Waals surface area contributed by atoms with E-state index in [1.807, 2.05) is 0 Å². The Kier molecular flexibility index (Phi) is 4.52. The first-order valence-electron chi connectivity index (χ1n) is 6.37. The molecule has 0 saturated carbocycles. The number of carbonyl (C=O) groups excluding carboxylic acids is 1. The monoisotopic (exact) mass is 280 g/mol. The summed E-state index contributed by atoms with van der Waals surface area (Å²) in [6.07, 6.45) is 2.84. The van der Waals surface area contributed by atoms with E-state index < -0.39 is 11.5 Å². The first-order valence-corrected chi connectivity index (χ1v) is 6.37. The highest BCUT2D eigenvalue weighted by Gasteiger charge is 2.16. The van der Waals surface area contributed by atoms with E-state index in [2.05, 4.69) is 5.32 Å². The average Bonchev–Trinajstić information content (AvgIpc) is 2.42. The number of nitrogens with one attached hydrogen (secondary N) is 1. The molecular weight excluding hydrogens is 264 g/mol. The van der Waals surface area contributed by atoms with Crippen LogP contribution in [0, 0.1) is 0 Å². The molecule has 7 heteroatoms. The molecule has 0 atom stereocenters. The third-order valence-corrected chi connectivity index (χ3v) is 3.14. The normalized spacial score (nSPS) is 15.8. The maximum absolute atomic E-state index is 11.8. The fourth-order valence-electron chi connectivity index (χ4n) is 2.04. The van der Waals surface area contributed by atoms with Gasteiger partial charge in [0.2, 0.25) is 5.91 Å². The summed E-state index contributed by atoms with van der Waals surface area (Å²) in [6, 6.07) is 2.38. The zero-order valence-corrected chi connectivity index (χ0v) is 10.9. The summed E-state index contributed by atoms with van der Waals surface area (Å²) in [6.45, 7) is 1.13. The number of nitrogens with zero attached hydrogens (tertiary/aromatic N) is 1. The minimum absolute atomic E-state index is 0.0743. The van der Waals surface area contributed by atoms with Crippen molar-refractivity contribution in [2.45, 2.75) is 25.4 Å². The largest absolute Gasteiger partial charge is 0.478 e. The lowest BCUT2D eigenvalue weighted by Gasteiger charge is -2.23. The molecule has 0 bridgehead atoms. The summed E-state index contributed by atoms with van der Waals surface area (Å²) in [4.78, 5) is 34.2. The summed E-state index contributed by atoms with van der Waals surface area (Å²) in [5.41, 5.74) is -0.594. The Labute approximate surface area is 115 Å². The molecule has 1 aromatic heterocycles. The number of ether oxygens (including phenoxy) is 1. The van der Waals surface area contributed by atoms with Crippen LogP contribution in [0.4, 0.5) is 0 Å². The van der Waals surface area contributed by atoms with Crippen LogP contribution in [-0.4, -0.2) is 40.8 Å². The van der Waals surface area contributed by atoms with Crippen molar-refractivity contribution in [2.75, 3.05) is 13.2 Å². The summed E-state index contributed by atoms with van der Waals surface area (Å²) in [7, 11) is 0. The third-order valence-electron chi connectivity index (χ3n) is 3.14. The highest BCUT2D eigenvalue weighted by atomic mass is 16.5. The molecule has 0 aromatic carbocycles. The molecular formula is C13H16N2O5. The average molecular weight is 280 g/mol. The topological polar surface area (TPSA) is 97.6 Å². The highest BCUT2D eigenvalue weighted by molar-refractivity contribution is 5.87. The molecule has 7 nitrogen and oxygen atoms in total. The van der Waals surface area contributed by atoms with Gasteiger partial charge in [-0.05, 0) is 18.9 Å². The lowest BCUT2D eigenvalue weighted by Crippen LogP contribution is -2.41. The predicted molar refractivity (Wildman–Crippen MR) is 69.6 cm³/mol. The second-order valence-corrected chi connectivity index (χ2v) is 4.64. The number of carbonyl (C=O) groups is 2. The van der Waals surface area contributed by atoms with Crippen molar-refractivity contribution in [3.63, 3.8) is 0 Å². The van der Waals surface area contributed by atoms with Crippen molar-refractivity contribution < 1.29 is 19.4 Å². The second-order valence-electron chi connectivity index (χ2n) is 4.64. The van der Waals surface area contributed by atoms with Crippen molar-refractivity contribution in [3.05, 3.63) is 34.2 Å². The lowest BCUT2D eigenvalue weighted by molar-refractivity contribution is -0.123. The van der Waals surface area contributed by atoms with Gasteiger partial charge in [-0.1, -0.05) is 0 Å². The predicted octanol–water partition coefficient (Wildman–Crippen LogP) is -0.158. The number of pyridine rings is 1. The number of amides is 1. The zero-order chi connectivity index (χ0) is 14.5. The fourth-order valence-corrected chi connectivity index (χ4v) is 2.04. The first kappa shape index (κ1) is 14.3. The Morgan fingerprint density at radius 3 is 2.70 bits per heavy atom. The number of carboxylic acids is 1. The van der Waals surface area contributed by atoms with E-state index in [-0.39, 0.29) is 24.1 Å². The van der Waals surface area contributed by atoms with Crippen LogP contribution in [0.1, 0.15) is 23.2 Å². The Bertz CT molecular complexity index is 560. The molecule has 1 fully saturated rings. The van der Waals surface area contributed by atoms with Crippen LogP contribution in [0.25, 0.3) is 0 Å². The van der Waals surface area contributed by atoms with Crippen LogP contribution in [-0.2, 0) is 16.1 Å². The van der Waals surface area contributed by atoms with Gasteiger partial charge in [0.05, 0.1) is 5.56 Å². The fraction of sp³-hybridized carbons (Fsp3) is 0.462. The van der Waals surface area contributed by atoms with Crippen molar-refractivity contribution in [3.8, 4) is 0 Å². The molecule has 108 valence electrons. The van der Waals surface area contributed by atoms with Crippen molar-refractivity contribution in [2.24, 2.45) is 0 Å². The number of rotatable bonds is 4. The van der Waals surface area contributed by atoms with Gasteiger partial charge in [-0.25, -0.2) is 4.79 Å². The molecule has 1 saturated heterocycles. The molecule has 0 aliphatic carbocycles. The van der Waals surface area contributed by atoms with Gasteiger partial charge in [0.25, 0.3) is 5.56 Å². The molecule has 1 aliphatic rings. The van der Waals surface area contributed by atoms with E-state index in [4.69, 9.17) is 9.84 Å². The van der Waals surface area contributed by atoms with Gasteiger partial charge in [0.15, 0.2) is 0 Å². The molecule has 2 heterocycles. The van der Waals surface area contributed by atoms with E-state index in [9.17, 15) is 14.4 Å². The minimum Gasteiger partial charge on any atom is -0.478 e. The summed E-state index contributed by atoms with van der Waals surface area (Å²) < 4.78 is 6.37. The van der Waals surface area contributed by atoms with E-state index in [0.29, 0.717) is 13.2 Å². The van der Waals surface area contributed by atoms with Crippen molar-refractivity contribution >= 4 is 11.9 Å². The van der Waals surface area contributed by atoms with Crippen LogP contribution in [0.15, 0.2) is 23.1 Å². The van der Waals surface area contributed by atoms with Gasteiger partial charge in [-0.15, -0.1) is 0 Å². The number of carboxylic acid groups (broad SMARTS) is 1. The third kappa shape index (κ3) is 3.67. The Morgan fingerprint density at radius 1 is 1.40 bits per heavy atom. The minimum atomic E-state index is -1.17. The number of hydrogen-bond acceptors (Lipinski definition) is 4. The maximum Gasteiger partial charge on any atom is 0.335 e. The number of hydrogen-bond donors (Lipinski definition) is 2. The Balaban J connectivity index is 1.97. The van der Waals surface area contributed by atoms with Crippen molar-refractivity contribution in [1.29, 1.82) is 0 Å². The smallest absolute Gasteiger partial charge is 0.335 e. The standard InChI is InChI=1S/C13H16N2O5/c16-11(14-10-2-5-20-6-3-10)8-15-4-1-9(13(18)19)7-12(15)17/h1,4,7,10H,2-3,5-6,8H2,(H,14,16)(H,18,19). The molecule has 2 rings (SSSR count). The molecule has 1 aromatic rings. The molecule has 0 spiro atoms. The van der Waals surface area contributed by atoms with Gasteiger partial charge in [0.1, 0.15) is 6.54 Å². The highest BCUT2D eigenvalue weighted by Crippen LogP contribution is 2.05. The van der Waals surface area contributed by atoms with Crippen LogP contribution < -0.4 is 10.9 Å². The number of aromatic nitrogens is 1. The molecule has 2 N–H and O–H groups in total. The quantitative estimate of drug-likeness (QED) is 0.798. The lowest BCUT2D eigenvalue weighted by atomic mass is 10.1. The summed E-state index contributed by atoms with van der Waals surface area (Å²) in [5, 5.41) is 11.6. The van der Waals surface area contributed by atoms with Gasteiger partial charge < -0.3 is 19.7 Å². The van der Waals surface area contributed by atoms with E-state index >= 15 is 0 Å². The van der Waals surface area contributed by atoms with Crippen molar-refractivity contribution in [1.82, 2.24) is 9.88 Å². The van der Waals surface area contributed by atoms with Gasteiger partial charge >= 0.3 is 5.97 Å². The second kappa shape index (κ2) is 6.33. The van der Waals surface area contributed by atoms with E-state index in [1.54, 1.807) is 0 Å². The Hall–Kier alpha value is -2.15.